The second-order valence-electron chi connectivity index (χ2n) is 7.30. The SMILES string of the molecule is O=C1C(c2ccc3c(c2)OCO3)=CC(=O)c2c(OCCN3CCOCC3)cccc21. The number of rotatable bonds is 5. The minimum absolute atomic E-state index is 0.151. The van der Waals surface area contributed by atoms with Crippen LogP contribution in [0.1, 0.15) is 26.3 Å². The lowest BCUT2D eigenvalue weighted by Crippen LogP contribution is -2.38. The summed E-state index contributed by atoms with van der Waals surface area (Å²) in [4.78, 5) is 28.4. The Kier molecular flexibility index (Phi) is 4.98. The molecule has 2 aliphatic heterocycles. The molecular weight excluding hydrogens is 386 g/mol. The Labute approximate surface area is 173 Å². The summed E-state index contributed by atoms with van der Waals surface area (Å²) in [6.07, 6.45) is 1.39. The van der Waals surface area contributed by atoms with Gasteiger partial charge in [-0.2, -0.15) is 0 Å². The largest absolute Gasteiger partial charge is 0.491 e. The molecule has 0 atom stereocenters. The van der Waals surface area contributed by atoms with Gasteiger partial charge in [0.15, 0.2) is 23.1 Å². The Morgan fingerprint density at radius 1 is 1.00 bits per heavy atom. The summed E-state index contributed by atoms with van der Waals surface area (Å²) in [5, 5.41) is 0. The fourth-order valence-electron chi connectivity index (χ4n) is 3.90. The monoisotopic (exact) mass is 407 g/mol. The van der Waals surface area contributed by atoms with Crippen LogP contribution in [0.25, 0.3) is 5.57 Å². The van der Waals surface area contributed by atoms with Crippen LogP contribution in [0.3, 0.4) is 0 Å². The summed E-state index contributed by atoms with van der Waals surface area (Å²) in [5.41, 5.74) is 1.66. The number of allylic oxidation sites excluding steroid dienone is 2. The van der Waals surface area contributed by atoms with Crippen LogP contribution in [0.5, 0.6) is 17.2 Å². The van der Waals surface area contributed by atoms with E-state index in [2.05, 4.69) is 4.90 Å². The summed E-state index contributed by atoms with van der Waals surface area (Å²) < 4.78 is 22.0. The van der Waals surface area contributed by atoms with Gasteiger partial charge >= 0.3 is 0 Å². The van der Waals surface area contributed by atoms with Crippen molar-refractivity contribution >= 4 is 17.1 Å². The van der Waals surface area contributed by atoms with Crippen LogP contribution in [-0.4, -0.2) is 62.7 Å². The second kappa shape index (κ2) is 7.93. The van der Waals surface area contributed by atoms with Crippen molar-refractivity contribution in [2.24, 2.45) is 0 Å². The van der Waals surface area contributed by atoms with Crippen molar-refractivity contribution in [3.8, 4) is 17.2 Å². The van der Waals surface area contributed by atoms with E-state index in [1.807, 2.05) is 0 Å². The Hall–Kier alpha value is -3.16. The summed E-state index contributed by atoms with van der Waals surface area (Å²) in [6, 6.07) is 10.4. The maximum atomic E-state index is 13.2. The number of hydrogen-bond donors (Lipinski definition) is 0. The topological polar surface area (TPSA) is 74.3 Å². The van der Waals surface area contributed by atoms with E-state index in [0.717, 1.165) is 32.8 Å². The highest BCUT2D eigenvalue weighted by Crippen LogP contribution is 2.38. The molecule has 154 valence electrons. The molecule has 1 aliphatic carbocycles. The molecule has 0 saturated carbocycles. The summed E-state index contributed by atoms with van der Waals surface area (Å²) in [5.74, 6) is 1.20. The number of ketones is 2. The lowest BCUT2D eigenvalue weighted by atomic mass is 9.85. The molecule has 0 N–H and O–H groups in total. The highest BCUT2D eigenvalue weighted by molar-refractivity contribution is 6.39. The number of ether oxygens (including phenoxy) is 4. The van der Waals surface area contributed by atoms with E-state index in [4.69, 9.17) is 18.9 Å². The average Bonchev–Trinajstić information content (AvgIpc) is 3.25. The first-order valence-corrected chi connectivity index (χ1v) is 9.97. The summed E-state index contributed by atoms with van der Waals surface area (Å²) in [6.45, 7) is 4.52. The van der Waals surface area contributed by atoms with Gasteiger partial charge in [-0.1, -0.05) is 18.2 Å². The molecule has 2 heterocycles. The van der Waals surface area contributed by atoms with Gasteiger partial charge in [-0.05, 0) is 29.8 Å². The van der Waals surface area contributed by atoms with Gasteiger partial charge in [0.1, 0.15) is 12.4 Å². The maximum Gasteiger partial charge on any atom is 0.231 e. The van der Waals surface area contributed by atoms with Gasteiger partial charge in [0.05, 0.1) is 18.8 Å². The third-order valence-corrected chi connectivity index (χ3v) is 5.49. The van der Waals surface area contributed by atoms with Crippen LogP contribution in [-0.2, 0) is 4.74 Å². The smallest absolute Gasteiger partial charge is 0.231 e. The quantitative estimate of drug-likeness (QED) is 0.754. The third-order valence-electron chi connectivity index (χ3n) is 5.49. The first-order chi connectivity index (χ1) is 14.7. The molecular formula is C23H21NO6. The van der Waals surface area contributed by atoms with Crippen LogP contribution in [0, 0.1) is 0 Å². The number of nitrogens with zero attached hydrogens (tertiary/aromatic N) is 1. The molecule has 1 fully saturated rings. The lowest BCUT2D eigenvalue weighted by molar-refractivity contribution is 0.0322. The van der Waals surface area contributed by atoms with Crippen LogP contribution in [0.15, 0.2) is 42.5 Å². The van der Waals surface area contributed by atoms with Crippen LogP contribution >= 0.6 is 0 Å². The third kappa shape index (κ3) is 3.46. The Balaban J connectivity index is 1.37. The number of carbonyl (C=O) groups excluding carboxylic acids is 2. The summed E-state index contributed by atoms with van der Waals surface area (Å²) in [7, 11) is 0. The number of Topliss-reactive ketones (excluding diaryl/α,β-unsaturated/α-hetero) is 1. The van der Waals surface area contributed by atoms with Crippen LogP contribution in [0.4, 0.5) is 0 Å². The molecule has 2 aromatic rings. The number of fused-ring (bicyclic) bond motifs is 2. The van der Waals surface area contributed by atoms with E-state index in [0.29, 0.717) is 46.1 Å². The Bertz CT molecular complexity index is 1040. The van der Waals surface area contributed by atoms with Gasteiger partial charge < -0.3 is 18.9 Å². The molecule has 0 spiro atoms. The van der Waals surface area contributed by atoms with Gasteiger partial charge in [-0.15, -0.1) is 0 Å². The standard InChI is InChI=1S/C23H21NO6/c25-18-13-17(15-4-5-19-21(12-15)30-14-29-19)23(26)16-2-1-3-20(22(16)18)28-11-8-24-6-9-27-10-7-24/h1-5,12-13H,6-11,14H2. The number of carbonyl (C=O) groups is 2. The molecule has 1 saturated heterocycles. The molecule has 5 rings (SSSR count). The molecule has 3 aliphatic rings. The number of morpholine rings is 1. The van der Waals surface area contributed by atoms with Crippen molar-refractivity contribution in [1.82, 2.24) is 4.90 Å². The molecule has 30 heavy (non-hydrogen) atoms. The zero-order valence-electron chi connectivity index (χ0n) is 16.4. The number of hydrogen-bond acceptors (Lipinski definition) is 7. The molecule has 7 heteroatoms. The second-order valence-corrected chi connectivity index (χ2v) is 7.30. The van der Waals surface area contributed by atoms with E-state index in [9.17, 15) is 9.59 Å². The molecule has 7 nitrogen and oxygen atoms in total. The van der Waals surface area contributed by atoms with Crippen molar-refractivity contribution < 1.29 is 28.5 Å². The van der Waals surface area contributed by atoms with Crippen molar-refractivity contribution in [3.63, 3.8) is 0 Å². The fraction of sp³-hybridized carbons (Fsp3) is 0.304. The van der Waals surface area contributed by atoms with Gasteiger partial charge in [-0.25, -0.2) is 0 Å². The minimum atomic E-state index is -0.237. The van der Waals surface area contributed by atoms with Crippen molar-refractivity contribution in [3.05, 3.63) is 59.2 Å². The van der Waals surface area contributed by atoms with Crippen molar-refractivity contribution in [2.75, 3.05) is 46.2 Å². The maximum absolute atomic E-state index is 13.2. The van der Waals surface area contributed by atoms with Crippen molar-refractivity contribution in [2.45, 2.75) is 0 Å². The van der Waals surface area contributed by atoms with E-state index >= 15 is 0 Å². The zero-order valence-corrected chi connectivity index (χ0v) is 16.4. The summed E-state index contributed by atoms with van der Waals surface area (Å²) >= 11 is 0. The molecule has 0 radical (unpaired) electrons. The van der Waals surface area contributed by atoms with Crippen molar-refractivity contribution in [1.29, 1.82) is 0 Å². The zero-order chi connectivity index (χ0) is 20.5. The van der Waals surface area contributed by atoms with E-state index in [-0.39, 0.29) is 18.4 Å². The molecule has 0 unspecified atom stereocenters. The fourth-order valence-corrected chi connectivity index (χ4v) is 3.90. The molecule has 2 aromatic carbocycles. The van der Waals surface area contributed by atoms with Crippen LogP contribution in [0.2, 0.25) is 0 Å². The Morgan fingerprint density at radius 3 is 2.70 bits per heavy atom. The van der Waals surface area contributed by atoms with Gasteiger partial charge in [0, 0.05) is 30.8 Å². The van der Waals surface area contributed by atoms with E-state index in [1.165, 1.54) is 6.08 Å². The molecule has 0 aromatic heterocycles. The van der Waals surface area contributed by atoms with E-state index in [1.54, 1.807) is 36.4 Å². The Morgan fingerprint density at radius 2 is 1.83 bits per heavy atom. The molecule has 0 bridgehead atoms. The van der Waals surface area contributed by atoms with Gasteiger partial charge in [0.25, 0.3) is 0 Å². The van der Waals surface area contributed by atoms with Crippen LogP contribution < -0.4 is 14.2 Å². The minimum Gasteiger partial charge on any atom is -0.491 e. The lowest BCUT2D eigenvalue weighted by Gasteiger charge is -2.26. The van der Waals surface area contributed by atoms with Gasteiger partial charge in [-0.3, -0.25) is 14.5 Å². The number of benzene rings is 2. The first kappa shape index (κ1) is 18.8. The predicted octanol–water partition coefficient (Wildman–Crippen LogP) is 2.59. The molecule has 0 amide bonds. The first-order valence-electron chi connectivity index (χ1n) is 9.97. The normalized spacial score (nSPS) is 18.2. The average molecular weight is 407 g/mol. The highest BCUT2D eigenvalue weighted by atomic mass is 16.7. The highest BCUT2D eigenvalue weighted by Gasteiger charge is 2.30. The van der Waals surface area contributed by atoms with Gasteiger partial charge in [0.2, 0.25) is 6.79 Å². The van der Waals surface area contributed by atoms with E-state index < -0.39 is 0 Å². The predicted molar refractivity (Wildman–Crippen MR) is 108 cm³/mol.